The summed E-state index contributed by atoms with van der Waals surface area (Å²) in [5.74, 6) is -1.38. The van der Waals surface area contributed by atoms with E-state index in [1.54, 1.807) is 6.92 Å². The molecule has 0 aromatic heterocycles. The lowest BCUT2D eigenvalue weighted by molar-refractivity contribution is -0.137. The number of carbonyl (C=O) groups is 3. The summed E-state index contributed by atoms with van der Waals surface area (Å²) < 4.78 is 5.67. The van der Waals surface area contributed by atoms with E-state index in [1.165, 1.54) is 11.1 Å². The van der Waals surface area contributed by atoms with E-state index in [9.17, 15) is 14.4 Å². The maximum atomic E-state index is 12.8. The van der Waals surface area contributed by atoms with Gasteiger partial charge in [0.15, 0.2) is 0 Å². The Bertz CT molecular complexity index is 1010. The topological polar surface area (TPSA) is 105 Å². The largest absolute Gasteiger partial charge is 0.481 e. The van der Waals surface area contributed by atoms with Gasteiger partial charge in [-0.2, -0.15) is 0 Å². The number of benzene rings is 2. The number of fused-ring (bicyclic) bond motifs is 3. The standard InChI is InChI=1S/C27H32N2O5/c1-17(14-15-25(30)31)28-26(32)22-12-6-7-13-24(22)29-27(33)34-16-23-20-10-4-2-8-18(20)19-9-3-5-11-21(19)23/h2-5,8-11,17,22-24H,6-7,12-16H2,1H3,(H,28,32)(H,29,33)(H,30,31)/t17?,22-,24+/m0/s1. The number of alkyl carbamates (subject to hydrolysis) is 1. The van der Waals surface area contributed by atoms with Crippen LogP contribution in [0.4, 0.5) is 4.79 Å². The molecule has 0 spiro atoms. The molecule has 2 amide bonds. The van der Waals surface area contributed by atoms with Crippen LogP contribution in [0, 0.1) is 5.92 Å². The van der Waals surface area contributed by atoms with E-state index in [2.05, 4.69) is 34.9 Å². The van der Waals surface area contributed by atoms with Crippen LogP contribution in [0.15, 0.2) is 48.5 Å². The fourth-order valence-corrected chi connectivity index (χ4v) is 5.17. The van der Waals surface area contributed by atoms with Gasteiger partial charge in [0.1, 0.15) is 6.61 Å². The summed E-state index contributed by atoms with van der Waals surface area (Å²) in [5.41, 5.74) is 4.66. The lowest BCUT2D eigenvalue weighted by Gasteiger charge is -2.32. The second-order valence-electron chi connectivity index (χ2n) is 9.31. The van der Waals surface area contributed by atoms with E-state index in [0.717, 1.165) is 24.0 Å². The zero-order valence-electron chi connectivity index (χ0n) is 19.5. The molecule has 180 valence electrons. The third kappa shape index (κ3) is 5.41. The summed E-state index contributed by atoms with van der Waals surface area (Å²) in [6.45, 7) is 2.04. The van der Waals surface area contributed by atoms with Gasteiger partial charge in [-0.1, -0.05) is 61.4 Å². The van der Waals surface area contributed by atoms with Crippen molar-refractivity contribution in [1.82, 2.24) is 10.6 Å². The zero-order valence-corrected chi connectivity index (χ0v) is 19.5. The maximum Gasteiger partial charge on any atom is 0.407 e. The van der Waals surface area contributed by atoms with Crippen LogP contribution in [0.5, 0.6) is 0 Å². The highest BCUT2D eigenvalue weighted by atomic mass is 16.5. The first-order valence-corrected chi connectivity index (χ1v) is 12.1. The van der Waals surface area contributed by atoms with Crippen molar-refractivity contribution < 1.29 is 24.2 Å². The smallest absolute Gasteiger partial charge is 0.407 e. The molecule has 0 aliphatic heterocycles. The van der Waals surface area contributed by atoms with E-state index < -0.39 is 12.1 Å². The van der Waals surface area contributed by atoms with Gasteiger partial charge in [0.2, 0.25) is 5.91 Å². The summed E-state index contributed by atoms with van der Waals surface area (Å²) in [6.07, 6.45) is 3.13. The summed E-state index contributed by atoms with van der Waals surface area (Å²) in [5, 5.41) is 14.7. The minimum Gasteiger partial charge on any atom is -0.481 e. The molecule has 1 fully saturated rings. The fraction of sp³-hybridized carbons (Fsp3) is 0.444. The Hall–Kier alpha value is -3.35. The molecule has 7 nitrogen and oxygen atoms in total. The Morgan fingerprint density at radius 3 is 2.26 bits per heavy atom. The SMILES string of the molecule is CC(CCC(=O)O)NC(=O)[C@H]1CCCC[C@H]1NC(=O)OCC1c2ccccc2-c2ccccc21. The molecule has 0 heterocycles. The Morgan fingerprint density at radius 2 is 1.62 bits per heavy atom. The predicted molar refractivity (Wildman–Crippen MR) is 128 cm³/mol. The molecular formula is C27H32N2O5. The second-order valence-corrected chi connectivity index (χ2v) is 9.31. The molecule has 2 aliphatic carbocycles. The first kappa shape index (κ1) is 23.8. The molecule has 1 unspecified atom stereocenters. The molecule has 3 atom stereocenters. The van der Waals surface area contributed by atoms with Gasteiger partial charge in [-0.05, 0) is 48.4 Å². The average Bonchev–Trinajstić information content (AvgIpc) is 3.15. The first-order chi connectivity index (χ1) is 16.4. The lowest BCUT2D eigenvalue weighted by Crippen LogP contribution is -2.50. The van der Waals surface area contributed by atoms with E-state index in [-0.39, 0.29) is 42.9 Å². The molecule has 34 heavy (non-hydrogen) atoms. The Balaban J connectivity index is 1.35. The second kappa shape index (κ2) is 10.7. The van der Waals surface area contributed by atoms with Crippen LogP contribution >= 0.6 is 0 Å². The summed E-state index contributed by atoms with van der Waals surface area (Å²) in [7, 11) is 0. The van der Waals surface area contributed by atoms with E-state index in [0.29, 0.717) is 19.3 Å². The molecule has 3 N–H and O–H groups in total. The summed E-state index contributed by atoms with van der Waals surface area (Å²) >= 11 is 0. The van der Waals surface area contributed by atoms with Crippen LogP contribution < -0.4 is 10.6 Å². The van der Waals surface area contributed by atoms with E-state index in [1.807, 2.05) is 24.3 Å². The Kier molecular flexibility index (Phi) is 7.50. The van der Waals surface area contributed by atoms with Gasteiger partial charge < -0.3 is 20.5 Å². The highest BCUT2D eigenvalue weighted by molar-refractivity contribution is 5.81. The molecule has 7 heteroatoms. The van der Waals surface area contributed by atoms with E-state index >= 15 is 0 Å². The van der Waals surface area contributed by atoms with Crippen molar-refractivity contribution in [3.05, 3.63) is 59.7 Å². The molecule has 0 bridgehead atoms. The number of carboxylic acid groups (broad SMARTS) is 1. The third-order valence-corrected chi connectivity index (χ3v) is 6.93. The third-order valence-electron chi connectivity index (χ3n) is 6.93. The maximum absolute atomic E-state index is 12.8. The van der Waals surface area contributed by atoms with Crippen LogP contribution in [0.1, 0.15) is 62.5 Å². The highest BCUT2D eigenvalue weighted by Crippen LogP contribution is 2.44. The fourth-order valence-electron chi connectivity index (χ4n) is 5.17. The number of carboxylic acids is 1. The van der Waals surface area contributed by atoms with Crippen LogP contribution in [-0.4, -0.2) is 41.8 Å². The summed E-state index contributed by atoms with van der Waals surface area (Å²) in [6, 6.07) is 15.8. The molecular weight excluding hydrogens is 432 g/mol. The predicted octanol–water partition coefficient (Wildman–Crippen LogP) is 4.45. The van der Waals surface area contributed by atoms with Crippen molar-refractivity contribution in [3.63, 3.8) is 0 Å². The van der Waals surface area contributed by atoms with Crippen LogP contribution in [0.2, 0.25) is 0 Å². The van der Waals surface area contributed by atoms with Gasteiger partial charge in [0, 0.05) is 24.4 Å². The van der Waals surface area contributed by atoms with Crippen LogP contribution in [0.3, 0.4) is 0 Å². The minimum atomic E-state index is -0.881. The first-order valence-electron chi connectivity index (χ1n) is 12.1. The quantitative estimate of drug-likeness (QED) is 0.535. The number of nitrogens with one attached hydrogen (secondary N) is 2. The van der Waals surface area contributed by atoms with Gasteiger partial charge in [-0.15, -0.1) is 0 Å². The number of hydrogen-bond acceptors (Lipinski definition) is 4. The van der Waals surface area contributed by atoms with Gasteiger partial charge in [-0.25, -0.2) is 4.79 Å². The van der Waals surface area contributed by atoms with Gasteiger partial charge in [0.25, 0.3) is 0 Å². The van der Waals surface area contributed by atoms with Crippen molar-refractivity contribution in [2.45, 2.75) is 63.5 Å². The molecule has 0 saturated heterocycles. The van der Waals surface area contributed by atoms with Crippen LogP contribution in [0.25, 0.3) is 11.1 Å². The summed E-state index contributed by atoms with van der Waals surface area (Å²) in [4.78, 5) is 36.3. The van der Waals surface area contributed by atoms with Crippen molar-refractivity contribution in [2.24, 2.45) is 5.92 Å². The average molecular weight is 465 g/mol. The van der Waals surface area contributed by atoms with Crippen molar-refractivity contribution in [1.29, 1.82) is 0 Å². The van der Waals surface area contributed by atoms with Crippen molar-refractivity contribution in [2.75, 3.05) is 6.61 Å². The Morgan fingerprint density at radius 1 is 1.00 bits per heavy atom. The van der Waals surface area contributed by atoms with Crippen LogP contribution in [-0.2, 0) is 14.3 Å². The highest BCUT2D eigenvalue weighted by Gasteiger charge is 2.34. The van der Waals surface area contributed by atoms with Gasteiger partial charge >= 0.3 is 12.1 Å². The zero-order chi connectivity index (χ0) is 24.1. The molecule has 2 aromatic rings. The lowest BCUT2D eigenvalue weighted by atomic mass is 9.83. The molecule has 2 aliphatic rings. The molecule has 1 saturated carbocycles. The number of aliphatic carboxylic acids is 1. The number of ether oxygens (including phenoxy) is 1. The number of carbonyl (C=O) groups excluding carboxylic acids is 2. The Labute approximate surface area is 199 Å². The normalized spacial score (nSPS) is 20.0. The van der Waals surface area contributed by atoms with Crippen molar-refractivity contribution >= 4 is 18.0 Å². The van der Waals surface area contributed by atoms with Gasteiger partial charge in [-0.3, -0.25) is 9.59 Å². The molecule has 0 radical (unpaired) electrons. The number of amides is 2. The number of hydrogen-bond donors (Lipinski definition) is 3. The van der Waals surface area contributed by atoms with E-state index in [4.69, 9.17) is 9.84 Å². The number of rotatable bonds is 8. The van der Waals surface area contributed by atoms with Gasteiger partial charge in [0.05, 0.1) is 5.92 Å². The molecule has 4 rings (SSSR count). The monoisotopic (exact) mass is 464 g/mol. The van der Waals surface area contributed by atoms with Crippen molar-refractivity contribution in [3.8, 4) is 11.1 Å². The molecule has 2 aromatic carbocycles. The minimum absolute atomic E-state index is 0.00748.